The van der Waals surface area contributed by atoms with Crippen LogP contribution < -0.4 is 16.0 Å². The Morgan fingerprint density at radius 1 is 1.32 bits per heavy atom. The molecule has 0 bridgehead atoms. The first-order valence-electron chi connectivity index (χ1n) is 6.41. The lowest BCUT2D eigenvalue weighted by Gasteiger charge is -2.07. The van der Waals surface area contributed by atoms with Crippen molar-refractivity contribution in [2.24, 2.45) is 5.84 Å². The fourth-order valence-corrected chi connectivity index (χ4v) is 2.21. The van der Waals surface area contributed by atoms with E-state index in [1.54, 1.807) is 0 Å². The molecule has 0 spiro atoms. The van der Waals surface area contributed by atoms with Crippen molar-refractivity contribution in [1.29, 1.82) is 0 Å². The summed E-state index contributed by atoms with van der Waals surface area (Å²) >= 11 is 0. The minimum absolute atomic E-state index is 0.638. The van der Waals surface area contributed by atoms with Gasteiger partial charge in [-0.25, -0.2) is 15.8 Å². The first-order valence-corrected chi connectivity index (χ1v) is 6.41. The van der Waals surface area contributed by atoms with Crippen molar-refractivity contribution in [1.82, 2.24) is 9.97 Å². The molecule has 0 saturated heterocycles. The van der Waals surface area contributed by atoms with E-state index in [9.17, 15) is 0 Å². The first-order chi connectivity index (χ1) is 9.30. The van der Waals surface area contributed by atoms with E-state index in [4.69, 9.17) is 10.6 Å². The molecule has 1 aromatic heterocycles. The number of benzene rings is 1. The van der Waals surface area contributed by atoms with Crippen LogP contribution in [-0.2, 0) is 12.8 Å². The van der Waals surface area contributed by atoms with Crippen molar-refractivity contribution >= 4 is 5.82 Å². The molecule has 0 amide bonds. The second kappa shape index (κ2) is 4.85. The van der Waals surface area contributed by atoms with Gasteiger partial charge < -0.3 is 10.2 Å². The Labute approximate surface area is 111 Å². The maximum atomic E-state index is 5.51. The maximum Gasteiger partial charge on any atom is 0.161 e. The van der Waals surface area contributed by atoms with E-state index < -0.39 is 0 Å². The van der Waals surface area contributed by atoms with Crippen LogP contribution in [0.15, 0.2) is 24.3 Å². The minimum atomic E-state index is 0.638. The number of hydrogen-bond acceptors (Lipinski definition) is 5. The number of aryl methyl sites for hydroxylation is 1. The van der Waals surface area contributed by atoms with Crippen LogP contribution >= 0.6 is 0 Å². The molecular weight excluding hydrogens is 240 g/mol. The van der Waals surface area contributed by atoms with E-state index in [1.807, 2.05) is 18.2 Å². The van der Waals surface area contributed by atoms with Gasteiger partial charge in [0.2, 0.25) is 0 Å². The van der Waals surface area contributed by atoms with Gasteiger partial charge in [0.25, 0.3) is 0 Å². The Kier molecular flexibility index (Phi) is 3.05. The summed E-state index contributed by atoms with van der Waals surface area (Å²) in [4.78, 5) is 8.96. The lowest BCUT2D eigenvalue weighted by atomic mass is 10.1. The van der Waals surface area contributed by atoms with Crippen molar-refractivity contribution < 1.29 is 4.74 Å². The minimum Gasteiger partial charge on any atom is -0.493 e. The molecule has 0 unspecified atom stereocenters. The molecule has 5 nitrogen and oxygen atoms in total. The van der Waals surface area contributed by atoms with Gasteiger partial charge in [0.15, 0.2) is 5.82 Å². The topological polar surface area (TPSA) is 73.1 Å². The van der Waals surface area contributed by atoms with Crippen LogP contribution in [0.3, 0.4) is 0 Å². The van der Waals surface area contributed by atoms with Gasteiger partial charge in [-0.1, -0.05) is 6.92 Å². The second-order valence-corrected chi connectivity index (χ2v) is 4.49. The van der Waals surface area contributed by atoms with E-state index in [0.29, 0.717) is 11.6 Å². The number of rotatable bonds is 3. The zero-order valence-electron chi connectivity index (χ0n) is 10.8. The molecule has 3 N–H and O–H groups in total. The SMILES string of the molecule is CCc1cc(NN)nc(-c2ccc3c(c2)CCO3)n1. The number of nitrogens with two attached hydrogens (primary N) is 1. The Hall–Kier alpha value is -2.14. The number of aromatic nitrogens is 2. The summed E-state index contributed by atoms with van der Waals surface area (Å²) in [6, 6.07) is 7.92. The molecule has 0 fully saturated rings. The fourth-order valence-electron chi connectivity index (χ4n) is 2.21. The van der Waals surface area contributed by atoms with Crippen LogP contribution in [0.4, 0.5) is 5.82 Å². The van der Waals surface area contributed by atoms with Gasteiger partial charge in [-0.2, -0.15) is 0 Å². The largest absolute Gasteiger partial charge is 0.493 e. The van der Waals surface area contributed by atoms with Gasteiger partial charge in [0, 0.05) is 23.7 Å². The summed E-state index contributed by atoms with van der Waals surface area (Å²) in [5.41, 5.74) is 5.77. The van der Waals surface area contributed by atoms with Crippen LogP contribution in [0.25, 0.3) is 11.4 Å². The molecule has 0 aliphatic carbocycles. The molecule has 1 aromatic carbocycles. The van der Waals surface area contributed by atoms with E-state index in [2.05, 4.69) is 28.4 Å². The third-order valence-corrected chi connectivity index (χ3v) is 3.24. The number of fused-ring (bicyclic) bond motifs is 1. The smallest absolute Gasteiger partial charge is 0.161 e. The highest BCUT2D eigenvalue weighted by Crippen LogP contribution is 2.29. The van der Waals surface area contributed by atoms with E-state index in [0.717, 1.165) is 36.5 Å². The number of anilines is 1. The predicted octanol–water partition coefficient (Wildman–Crippen LogP) is 1.93. The zero-order valence-corrected chi connectivity index (χ0v) is 10.8. The fraction of sp³-hybridized carbons (Fsp3) is 0.286. The number of hydrogen-bond donors (Lipinski definition) is 2. The number of nitrogens with one attached hydrogen (secondary N) is 1. The average molecular weight is 256 g/mol. The number of hydrazine groups is 1. The van der Waals surface area contributed by atoms with Crippen LogP contribution in [0.2, 0.25) is 0 Å². The van der Waals surface area contributed by atoms with Crippen LogP contribution in [0, 0.1) is 0 Å². The molecule has 2 heterocycles. The monoisotopic (exact) mass is 256 g/mol. The van der Waals surface area contributed by atoms with Crippen molar-refractivity contribution in [3.63, 3.8) is 0 Å². The molecule has 3 rings (SSSR count). The Morgan fingerprint density at radius 2 is 2.21 bits per heavy atom. The third kappa shape index (κ3) is 2.24. The highest BCUT2D eigenvalue weighted by atomic mass is 16.5. The maximum absolute atomic E-state index is 5.51. The van der Waals surface area contributed by atoms with Gasteiger partial charge >= 0.3 is 0 Å². The van der Waals surface area contributed by atoms with Gasteiger partial charge in [-0.3, -0.25) is 0 Å². The molecule has 0 radical (unpaired) electrons. The first kappa shape index (κ1) is 11.9. The summed E-state index contributed by atoms with van der Waals surface area (Å²) in [6.45, 7) is 2.81. The molecule has 98 valence electrons. The van der Waals surface area contributed by atoms with E-state index >= 15 is 0 Å². The van der Waals surface area contributed by atoms with Crippen molar-refractivity contribution in [2.75, 3.05) is 12.0 Å². The Bertz CT molecular complexity index is 590. The van der Waals surface area contributed by atoms with Gasteiger partial charge in [0.1, 0.15) is 11.6 Å². The molecule has 0 saturated carbocycles. The van der Waals surface area contributed by atoms with Crippen molar-refractivity contribution in [2.45, 2.75) is 19.8 Å². The molecule has 2 aromatic rings. The summed E-state index contributed by atoms with van der Waals surface area (Å²) in [5, 5.41) is 0. The highest BCUT2D eigenvalue weighted by Gasteiger charge is 2.14. The van der Waals surface area contributed by atoms with Crippen molar-refractivity contribution in [3.05, 3.63) is 35.5 Å². The van der Waals surface area contributed by atoms with Crippen LogP contribution in [-0.4, -0.2) is 16.6 Å². The number of nitrogen functional groups attached to an aromatic ring is 1. The highest BCUT2D eigenvalue weighted by molar-refractivity contribution is 5.61. The van der Waals surface area contributed by atoms with Crippen LogP contribution in [0.1, 0.15) is 18.2 Å². The lowest BCUT2D eigenvalue weighted by molar-refractivity contribution is 0.357. The molecule has 19 heavy (non-hydrogen) atoms. The van der Waals surface area contributed by atoms with Gasteiger partial charge in [-0.15, -0.1) is 0 Å². The number of ether oxygens (including phenoxy) is 1. The van der Waals surface area contributed by atoms with Gasteiger partial charge in [0.05, 0.1) is 6.61 Å². The Balaban J connectivity index is 2.05. The Morgan fingerprint density at radius 3 is 3.00 bits per heavy atom. The summed E-state index contributed by atoms with van der Waals surface area (Å²) < 4.78 is 5.51. The molecular formula is C14H16N4O. The molecule has 1 aliphatic rings. The lowest BCUT2D eigenvalue weighted by Crippen LogP contribution is -2.10. The summed E-state index contributed by atoms with van der Waals surface area (Å²) in [6.07, 6.45) is 1.79. The van der Waals surface area contributed by atoms with Crippen molar-refractivity contribution in [3.8, 4) is 17.1 Å². The predicted molar refractivity (Wildman–Crippen MR) is 73.9 cm³/mol. The quantitative estimate of drug-likeness (QED) is 0.648. The molecule has 0 atom stereocenters. The summed E-state index contributed by atoms with van der Waals surface area (Å²) in [5.74, 6) is 7.75. The number of nitrogens with zero attached hydrogens (tertiary/aromatic N) is 2. The summed E-state index contributed by atoms with van der Waals surface area (Å²) in [7, 11) is 0. The standard InChI is InChI=1S/C14H16N4O/c1-2-11-8-13(18-15)17-14(16-11)10-3-4-12-9(7-10)5-6-19-12/h3-4,7-8H,2,5-6,15H2,1H3,(H,16,17,18). The normalized spacial score (nSPS) is 12.9. The molecule has 1 aliphatic heterocycles. The molecule has 5 heteroatoms. The zero-order chi connectivity index (χ0) is 13.2. The van der Waals surface area contributed by atoms with Crippen LogP contribution in [0.5, 0.6) is 5.75 Å². The van der Waals surface area contributed by atoms with E-state index in [1.165, 1.54) is 5.56 Å². The average Bonchev–Trinajstić information content (AvgIpc) is 2.94. The van der Waals surface area contributed by atoms with E-state index in [-0.39, 0.29) is 0 Å². The third-order valence-electron chi connectivity index (χ3n) is 3.24. The second-order valence-electron chi connectivity index (χ2n) is 4.49. The van der Waals surface area contributed by atoms with Gasteiger partial charge in [-0.05, 0) is 30.2 Å².